The number of nitrogens with zero attached hydrogens (tertiary/aromatic N) is 2. The van der Waals surface area contributed by atoms with Gasteiger partial charge < -0.3 is 0 Å². The molecular formula is C10H12BrN3O. The summed E-state index contributed by atoms with van der Waals surface area (Å²) in [6.07, 6.45) is 1.72. The van der Waals surface area contributed by atoms with Gasteiger partial charge in [-0.2, -0.15) is 0 Å². The smallest absolute Gasteiger partial charge is 0.276 e. The summed E-state index contributed by atoms with van der Waals surface area (Å²) in [6.45, 7) is 5.86. The summed E-state index contributed by atoms with van der Waals surface area (Å²) in [5, 5.41) is 2.87. The first-order valence-corrected chi connectivity index (χ1v) is 5.57. The predicted octanol–water partition coefficient (Wildman–Crippen LogP) is 2.22. The van der Waals surface area contributed by atoms with Crippen molar-refractivity contribution in [3.8, 4) is 0 Å². The fraction of sp³-hybridized carbons (Fsp3) is 0.400. The number of hydrogen-bond acceptors (Lipinski definition) is 2. The van der Waals surface area contributed by atoms with E-state index in [2.05, 4.69) is 26.0 Å². The molecule has 5 heteroatoms. The van der Waals surface area contributed by atoms with Gasteiger partial charge in [-0.15, -0.1) is 0 Å². The Morgan fingerprint density at radius 1 is 1.53 bits per heavy atom. The maximum Gasteiger partial charge on any atom is 0.276 e. The highest BCUT2D eigenvalue weighted by atomic mass is 79.9. The molecule has 0 saturated carbocycles. The predicted molar refractivity (Wildman–Crippen MR) is 62.3 cm³/mol. The van der Waals surface area contributed by atoms with Crippen LogP contribution >= 0.6 is 15.9 Å². The van der Waals surface area contributed by atoms with Crippen LogP contribution in [0.15, 0.2) is 15.5 Å². The van der Waals surface area contributed by atoms with Crippen LogP contribution in [0.2, 0.25) is 0 Å². The van der Waals surface area contributed by atoms with Crippen LogP contribution in [0.25, 0.3) is 5.65 Å². The maximum atomic E-state index is 12.1. The van der Waals surface area contributed by atoms with E-state index in [1.54, 1.807) is 6.20 Å². The number of fused-ring (bicyclic) bond motifs is 1. The molecule has 0 fully saturated rings. The summed E-state index contributed by atoms with van der Waals surface area (Å²) in [6, 6.07) is 0. The minimum Gasteiger partial charge on any atom is -0.296 e. The number of aromatic amines is 1. The van der Waals surface area contributed by atoms with Gasteiger partial charge in [-0.1, -0.05) is 13.8 Å². The van der Waals surface area contributed by atoms with E-state index in [1.807, 2.05) is 20.8 Å². The summed E-state index contributed by atoms with van der Waals surface area (Å²) >= 11 is 3.34. The lowest BCUT2D eigenvalue weighted by Crippen LogP contribution is -2.22. The normalized spacial score (nSPS) is 11.5. The summed E-state index contributed by atoms with van der Waals surface area (Å²) in [5.41, 5.74) is 2.19. The van der Waals surface area contributed by atoms with E-state index in [1.165, 1.54) is 4.52 Å². The molecule has 1 N–H and O–H groups in total. The third-order valence-electron chi connectivity index (χ3n) is 2.42. The van der Waals surface area contributed by atoms with E-state index in [9.17, 15) is 4.79 Å². The molecule has 0 aromatic carbocycles. The third-order valence-corrected chi connectivity index (χ3v) is 3.00. The molecular weight excluding hydrogens is 258 g/mol. The Morgan fingerprint density at radius 2 is 2.20 bits per heavy atom. The summed E-state index contributed by atoms with van der Waals surface area (Å²) in [7, 11) is 0. The highest BCUT2D eigenvalue weighted by Crippen LogP contribution is 2.18. The van der Waals surface area contributed by atoms with Crippen LogP contribution in [0.3, 0.4) is 0 Å². The van der Waals surface area contributed by atoms with Crippen molar-refractivity contribution in [2.24, 2.45) is 0 Å². The molecule has 0 aliphatic carbocycles. The second-order valence-corrected chi connectivity index (χ2v) is 4.71. The van der Waals surface area contributed by atoms with Crippen LogP contribution in [0.1, 0.15) is 31.0 Å². The van der Waals surface area contributed by atoms with Gasteiger partial charge in [0, 0.05) is 17.5 Å². The molecule has 0 saturated heterocycles. The third kappa shape index (κ3) is 1.51. The molecule has 0 radical (unpaired) electrons. The topological polar surface area (TPSA) is 50.2 Å². The molecule has 0 bridgehead atoms. The number of halogens is 1. The van der Waals surface area contributed by atoms with Gasteiger partial charge in [-0.25, -0.2) is 9.50 Å². The van der Waals surface area contributed by atoms with Crippen molar-refractivity contribution in [2.45, 2.75) is 26.7 Å². The Kier molecular flexibility index (Phi) is 2.42. The summed E-state index contributed by atoms with van der Waals surface area (Å²) < 4.78 is 2.27. The monoisotopic (exact) mass is 269 g/mol. The molecule has 0 amide bonds. The first-order valence-electron chi connectivity index (χ1n) is 4.78. The molecule has 80 valence electrons. The highest BCUT2D eigenvalue weighted by Gasteiger charge is 2.14. The zero-order valence-corrected chi connectivity index (χ0v) is 10.4. The van der Waals surface area contributed by atoms with E-state index in [-0.39, 0.29) is 11.5 Å². The van der Waals surface area contributed by atoms with Crippen LogP contribution in [-0.4, -0.2) is 14.6 Å². The Morgan fingerprint density at radius 3 is 2.80 bits per heavy atom. The van der Waals surface area contributed by atoms with Crippen molar-refractivity contribution >= 4 is 21.6 Å². The molecule has 0 aliphatic rings. The lowest BCUT2D eigenvalue weighted by Gasteiger charge is -2.07. The Bertz CT molecular complexity index is 568. The first kappa shape index (κ1) is 10.4. The molecule has 2 aromatic rings. The summed E-state index contributed by atoms with van der Waals surface area (Å²) in [5.74, 6) is 0.184. The number of H-pyrrole nitrogens is 1. The molecule has 0 unspecified atom stereocenters. The van der Waals surface area contributed by atoms with Gasteiger partial charge in [-0.3, -0.25) is 9.89 Å². The SMILES string of the molecule is Cc1nc2c(Br)c[nH]n2c(=O)c1C(C)C. The highest BCUT2D eigenvalue weighted by molar-refractivity contribution is 9.10. The molecule has 0 atom stereocenters. The van der Waals surface area contributed by atoms with Crippen molar-refractivity contribution in [1.29, 1.82) is 0 Å². The van der Waals surface area contributed by atoms with Gasteiger partial charge in [0.25, 0.3) is 5.56 Å². The van der Waals surface area contributed by atoms with E-state index in [4.69, 9.17) is 0 Å². The second kappa shape index (κ2) is 3.48. The van der Waals surface area contributed by atoms with Crippen molar-refractivity contribution in [3.05, 3.63) is 32.3 Å². The number of aryl methyl sites for hydroxylation is 1. The van der Waals surface area contributed by atoms with Gasteiger partial charge in [0.05, 0.1) is 4.47 Å². The quantitative estimate of drug-likeness (QED) is 0.863. The van der Waals surface area contributed by atoms with Gasteiger partial charge in [-0.05, 0) is 28.8 Å². The Balaban J connectivity index is 2.92. The van der Waals surface area contributed by atoms with Gasteiger partial charge in [0.2, 0.25) is 0 Å². The van der Waals surface area contributed by atoms with Crippen molar-refractivity contribution in [3.63, 3.8) is 0 Å². The Labute approximate surface area is 95.4 Å². The fourth-order valence-electron chi connectivity index (χ4n) is 1.77. The van der Waals surface area contributed by atoms with E-state index in [0.29, 0.717) is 5.65 Å². The molecule has 2 rings (SSSR count). The zero-order valence-electron chi connectivity index (χ0n) is 8.84. The van der Waals surface area contributed by atoms with Gasteiger partial charge in [0.15, 0.2) is 5.65 Å². The second-order valence-electron chi connectivity index (χ2n) is 3.85. The average Bonchev–Trinajstić information content (AvgIpc) is 2.47. The standard InChI is InChI=1S/C10H12BrN3O/c1-5(2)8-6(3)13-9-7(11)4-12-14(9)10(8)15/h4-5,12H,1-3H3. The van der Waals surface area contributed by atoms with Crippen molar-refractivity contribution in [2.75, 3.05) is 0 Å². The van der Waals surface area contributed by atoms with Crippen LogP contribution in [-0.2, 0) is 0 Å². The molecule has 15 heavy (non-hydrogen) atoms. The number of hydrogen-bond donors (Lipinski definition) is 1. The van der Waals surface area contributed by atoms with Crippen LogP contribution in [0.5, 0.6) is 0 Å². The minimum absolute atomic E-state index is 0.0156. The minimum atomic E-state index is -0.0156. The van der Waals surface area contributed by atoms with Gasteiger partial charge in [0.1, 0.15) is 0 Å². The molecule has 0 spiro atoms. The number of nitrogens with one attached hydrogen (secondary N) is 1. The molecule has 2 heterocycles. The van der Waals surface area contributed by atoms with E-state index < -0.39 is 0 Å². The van der Waals surface area contributed by atoms with Crippen LogP contribution in [0, 0.1) is 6.92 Å². The molecule has 4 nitrogen and oxygen atoms in total. The summed E-state index contributed by atoms with van der Waals surface area (Å²) in [4.78, 5) is 16.5. The maximum absolute atomic E-state index is 12.1. The van der Waals surface area contributed by atoms with E-state index >= 15 is 0 Å². The van der Waals surface area contributed by atoms with Gasteiger partial charge >= 0.3 is 0 Å². The van der Waals surface area contributed by atoms with Crippen LogP contribution in [0.4, 0.5) is 0 Å². The molecule has 0 aliphatic heterocycles. The average molecular weight is 270 g/mol. The number of aromatic nitrogens is 3. The van der Waals surface area contributed by atoms with Crippen molar-refractivity contribution < 1.29 is 0 Å². The largest absolute Gasteiger partial charge is 0.296 e. The lowest BCUT2D eigenvalue weighted by molar-refractivity contribution is 0.780. The van der Waals surface area contributed by atoms with Crippen LogP contribution < -0.4 is 5.56 Å². The molecule has 2 aromatic heterocycles. The lowest BCUT2D eigenvalue weighted by atomic mass is 10.0. The number of rotatable bonds is 1. The van der Waals surface area contributed by atoms with E-state index in [0.717, 1.165) is 15.7 Å². The Hall–Kier alpha value is -1.10. The first-order chi connectivity index (χ1) is 7.02. The fourth-order valence-corrected chi connectivity index (χ4v) is 2.14. The van der Waals surface area contributed by atoms with Crippen molar-refractivity contribution in [1.82, 2.24) is 14.6 Å². The zero-order chi connectivity index (χ0) is 11.2.